The summed E-state index contributed by atoms with van der Waals surface area (Å²) in [6, 6.07) is 10.4. The van der Waals surface area contributed by atoms with Crippen molar-refractivity contribution in [1.29, 1.82) is 0 Å². The van der Waals surface area contributed by atoms with Crippen LogP contribution in [0.15, 0.2) is 36.4 Å². The number of aliphatic hydroxyl groups excluding tert-OH is 8. The molecule has 8 N–H and O–H groups in total. The number of aryl methyl sites for hydroxylation is 1. The smallest absolute Gasteiger partial charge is 0.127 e. The average molecular weight is 523 g/mol. The Morgan fingerprint density at radius 2 is 1.27 bits per heavy atom. The van der Waals surface area contributed by atoms with Gasteiger partial charge in [0.25, 0.3) is 0 Å². The highest BCUT2D eigenvalue weighted by molar-refractivity contribution is 5.72. The third kappa shape index (κ3) is 5.12. The first-order valence-electron chi connectivity index (χ1n) is 12.0. The van der Waals surface area contributed by atoms with E-state index in [4.69, 9.17) is 14.2 Å². The second-order valence-electron chi connectivity index (χ2n) is 9.53. The van der Waals surface area contributed by atoms with Crippen molar-refractivity contribution in [2.45, 2.75) is 68.0 Å². The minimum Gasteiger partial charge on any atom is -0.496 e. The summed E-state index contributed by atoms with van der Waals surface area (Å²) in [5.41, 5.74) is 3.23. The van der Waals surface area contributed by atoms with E-state index in [9.17, 15) is 40.9 Å². The SMILES string of the molecule is COc1cc([C@H]2O[C@H](CO)[C@@H](O)[C@H](O)[C@@H]2O)ccc1-c1ccc([C@H]2O[C@H](CO)[C@@H](O)[C@H](O)[C@@H]2O)c(C)c1. The van der Waals surface area contributed by atoms with Crippen LogP contribution in [0.1, 0.15) is 28.9 Å². The van der Waals surface area contributed by atoms with Gasteiger partial charge in [0, 0.05) is 5.56 Å². The van der Waals surface area contributed by atoms with Gasteiger partial charge in [-0.15, -0.1) is 0 Å². The topological polar surface area (TPSA) is 190 Å². The van der Waals surface area contributed by atoms with Crippen LogP contribution in [0.25, 0.3) is 11.1 Å². The summed E-state index contributed by atoms with van der Waals surface area (Å²) in [5.74, 6) is 0.439. The minimum atomic E-state index is -1.50. The van der Waals surface area contributed by atoms with Gasteiger partial charge in [-0.2, -0.15) is 0 Å². The normalized spacial score (nSPS) is 36.4. The number of methoxy groups -OCH3 is 1. The Balaban J connectivity index is 1.63. The van der Waals surface area contributed by atoms with Gasteiger partial charge in [0.2, 0.25) is 0 Å². The molecule has 0 radical (unpaired) electrons. The third-order valence-corrected chi connectivity index (χ3v) is 7.23. The van der Waals surface area contributed by atoms with Crippen LogP contribution < -0.4 is 4.74 Å². The summed E-state index contributed by atoms with van der Waals surface area (Å²) in [6.07, 6.45) is -12.7. The maximum Gasteiger partial charge on any atom is 0.127 e. The maximum absolute atomic E-state index is 10.5. The van der Waals surface area contributed by atoms with Crippen molar-refractivity contribution in [3.8, 4) is 16.9 Å². The summed E-state index contributed by atoms with van der Waals surface area (Å²) < 4.78 is 16.9. The van der Waals surface area contributed by atoms with Crippen LogP contribution in [0.4, 0.5) is 0 Å². The van der Waals surface area contributed by atoms with Crippen molar-refractivity contribution in [3.63, 3.8) is 0 Å². The lowest BCUT2D eigenvalue weighted by Gasteiger charge is -2.40. The molecular formula is C26H34O11. The van der Waals surface area contributed by atoms with Crippen molar-refractivity contribution in [3.05, 3.63) is 53.1 Å². The lowest BCUT2D eigenvalue weighted by atomic mass is 9.87. The molecule has 0 aromatic heterocycles. The van der Waals surface area contributed by atoms with E-state index < -0.39 is 74.3 Å². The minimum absolute atomic E-state index is 0.439. The molecule has 0 amide bonds. The number of aliphatic hydroxyl groups is 8. The molecule has 0 bridgehead atoms. The number of ether oxygens (including phenoxy) is 3. The Labute approximate surface area is 213 Å². The predicted octanol–water partition coefficient (Wildman–Crippen LogP) is -1.30. The molecule has 2 aromatic rings. The molecule has 2 heterocycles. The number of hydrogen-bond donors (Lipinski definition) is 8. The van der Waals surface area contributed by atoms with E-state index in [1.54, 1.807) is 37.3 Å². The quantitative estimate of drug-likeness (QED) is 0.225. The number of rotatable bonds is 6. The molecule has 2 saturated heterocycles. The molecule has 2 aromatic carbocycles. The van der Waals surface area contributed by atoms with Crippen LogP contribution in [0, 0.1) is 6.92 Å². The van der Waals surface area contributed by atoms with Gasteiger partial charge < -0.3 is 55.1 Å². The molecule has 4 rings (SSSR count). The maximum atomic E-state index is 10.5. The van der Waals surface area contributed by atoms with Crippen LogP contribution in [-0.4, -0.2) is 110 Å². The molecule has 10 atom stereocenters. The van der Waals surface area contributed by atoms with Crippen molar-refractivity contribution < 1.29 is 55.1 Å². The van der Waals surface area contributed by atoms with E-state index in [1.807, 2.05) is 6.07 Å². The second-order valence-corrected chi connectivity index (χ2v) is 9.53. The molecule has 0 aliphatic carbocycles. The van der Waals surface area contributed by atoms with Crippen LogP contribution in [0.2, 0.25) is 0 Å². The van der Waals surface area contributed by atoms with Gasteiger partial charge >= 0.3 is 0 Å². The zero-order chi connectivity index (χ0) is 27.0. The molecule has 0 unspecified atom stereocenters. The average Bonchev–Trinajstić information content (AvgIpc) is 2.91. The first kappa shape index (κ1) is 27.9. The van der Waals surface area contributed by atoms with E-state index in [-0.39, 0.29) is 0 Å². The number of hydrogen-bond acceptors (Lipinski definition) is 11. The zero-order valence-corrected chi connectivity index (χ0v) is 20.5. The summed E-state index contributed by atoms with van der Waals surface area (Å²) in [4.78, 5) is 0. The van der Waals surface area contributed by atoms with Gasteiger partial charge in [-0.1, -0.05) is 30.3 Å². The fourth-order valence-corrected chi connectivity index (χ4v) is 5.02. The molecular weight excluding hydrogens is 488 g/mol. The van der Waals surface area contributed by atoms with Crippen LogP contribution in [0.5, 0.6) is 5.75 Å². The monoisotopic (exact) mass is 522 g/mol. The second kappa shape index (κ2) is 11.3. The van der Waals surface area contributed by atoms with Crippen molar-refractivity contribution in [2.75, 3.05) is 20.3 Å². The van der Waals surface area contributed by atoms with Gasteiger partial charge in [0.1, 0.15) is 66.8 Å². The lowest BCUT2D eigenvalue weighted by molar-refractivity contribution is -0.231. The van der Waals surface area contributed by atoms with Gasteiger partial charge in [0.15, 0.2) is 0 Å². The largest absolute Gasteiger partial charge is 0.496 e. The van der Waals surface area contributed by atoms with E-state index >= 15 is 0 Å². The molecule has 0 spiro atoms. The molecule has 204 valence electrons. The Morgan fingerprint density at radius 3 is 1.81 bits per heavy atom. The van der Waals surface area contributed by atoms with Gasteiger partial charge in [-0.25, -0.2) is 0 Å². The molecule has 11 heteroatoms. The fraction of sp³-hybridized carbons (Fsp3) is 0.538. The van der Waals surface area contributed by atoms with E-state index in [1.165, 1.54) is 7.11 Å². The predicted molar refractivity (Wildman–Crippen MR) is 129 cm³/mol. The van der Waals surface area contributed by atoms with Crippen LogP contribution >= 0.6 is 0 Å². The Morgan fingerprint density at radius 1 is 0.703 bits per heavy atom. The molecule has 2 aliphatic heterocycles. The molecule has 2 fully saturated rings. The molecule has 2 aliphatic rings. The summed E-state index contributed by atoms with van der Waals surface area (Å²) >= 11 is 0. The number of benzene rings is 2. The third-order valence-electron chi connectivity index (χ3n) is 7.23. The van der Waals surface area contributed by atoms with E-state index in [2.05, 4.69) is 0 Å². The fourth-order valence-electron chi connectivity index (χ4n) is 5.02. The zero-order valence-electron chi connectivity index (χ0n) is 20.5. The van der Waals surface area contributed by atoms with Crippen molar-refractivity contribution in [1.82, 2.24) is 0 Å². The first-order valence-corrected chi connectivity index (χ1v) is 12.0. The van der Waals surface area contributed by atoms with Gasteiger partial charge in [-0.3, -0.25) is 0 Å². The Kier molecular flexibility index (Phi) is 8.51. The van der Waals surface area contributed by atoms with Crippen molar-refractivity contribution >= 4 is 0 Å². The molecule has 37 heavy (non-hydrogen) atoms. The summed E-state index contributed by atoms with van der Waals surface area (Å²) in [7, 11) is 1.48. The van der Waals surface area contributed by atoms with E-state index in [0.717, 1.165) is 11.1 Å². The highest BCUT2D eigenvalue weighted by Crippen LogP contribution is 2.40. The van der Waals surface area contributed by atoms with Crippen molar-refractivity contribution in [2.24, 2.45) is 0 Å². The highest BCUT2D eigenvalue weighted by Gasteiger charge is 2.45. The Hall–Kier alpha value is -2.16. The van der Waals surface area contributed by atoms with Gasteiger partial charge in [-0.05, 0) is 35.2 Å². The van der Waals surface area contributed by atoms with Gasteiger partial charge in [0.05, 0.1) is 20.3 Å². The van der Waals surface area contributed by atoms with E-state index in [0.29, 0.717) is 22.4 Å². The van der Waals surface area contributed by atoms with Crippen LogP contribution in [0.3, 0.4) is 0 Å². The highest BCUT2D eigenvalue weighted by atomic mass is 16.6. The molecule has 0 saturated carbocycles. The lowest BCUT2D eigenvalue weighted by Crippen LogP contribution is -2.55. The summed E-state index contributed by atoms with van der Waals surface area (Å²) in [5, 5.41) is 80.3. The van der Waals surface area contributed by atoms with Crippen LogP contribution in [-0.2, 0) is 9.47 Å². The first-order chi connectivity index (χ1) is 17.6. The summed E-state index contributed by atoms with van der Waals surface area (Å²) in [6.45, 7) is 0.752. The standard InChI is InChI=1S/C26H34O11/c1-11-7-12(3-5-14(11)26-24(34)22(32)20(30)18(10-28)37-26)15-6-4-13(8-16(15)35-2)25-23(33)21(31)19(29)17(9-27)36-25/h3-8,17-34H,9-10H2,1-2H3/t17-,18-,19-,20-,21+,22+,23+,24+,25-,26-/m1/s1. The molecule has 11 nitrogen and oxygen atoms in total. The Bertz CT molecular complexity index is 1070.